The number of nitrogens with two attached hydrogens (primary N) is 1. The zero-order chi connectivity index (χ0) is 24.3. The summed E-state index contributed by atoms with van der Waals surface area (Å²) < 4.78 is 25.9. The molecule has 0 fully saturated rings. The fourth-order valence-corrected chi connectivity index (χ4v) is 3.46. The molecular formula is C24H30ClFN6O2. The lowest BCUT2D eigenvalue weighted by Gasteiger charge is -2.09. The zero-order valence-corrected chi connectivity index (χ0v) is 20.1. The second-order valence-electron chi connectivity index (χ2n) is 7.53. The third kappa shape index (κ3) is 7.44. The van der Waals surface area contributed by atoms with Gasteiger partial charge in [-0.3, -0.25) is 4.68 Å². The molecule has 0 aliphatic carbocycles. The van der Waals surface area contributed by atoms with Gasteiger partial charge in [0.2, 0.25) is 0 Å². The monoisotopic (exact) mass is 488 g/mol. The van der Waals surface area contributed by atoms with Gasteiger partial charge in [0.25, 0.3) is 0 Å². The molecule has 1 heterocycles. The van der Waals surface area contributed by atoms with Crippen LogP contribution in [0, 0.1) is 5.82 Å². The van der Waals surface area contributed by atoms with Crippen molar-refractivity contribution in [3.05, 3.63) is 70.8 Å². The highest BCUT2D eigenvalue weighted by Crippen LogP contribution is 2.30. The molecule has 0 aliphatic heterocycles. The minimum absolute atomic E-state index is 0.201. The van der Waals surface area contributed by atoms with E-state index in [4.69, 9.17) is 26.8 Å². The van der Waals surface area contributed by atoms with Crippen LogP contribution >= 0.6 is 11.6 Å². The van der Waals surface area contributed by atoms with E-state index in [0.29, 0.717) is 34.3 Å². The SMILES string of the molecule is CNc1cn(CCCNCCOC)nc1C(N)=Nc1ccc(OCc2cccc(F)c2)c(Cl)c1. The molecule has 8 nitrogen and oxygen atoms in total. The fourth-order valence-electron chi connectivity index (χ4n) is 3.23. The van der Waals surface area contributed by atoms with Crippen molar-refractivity contribution in [3.63, 3.8) is 0 Å². The Bertz CT molecular complexity index is 1100. The van der Waals surface area contributed by atoms with Gasteiger partial charge in [-0.1, -0.05) is 23.7 Å². The van der Waals surface area contributed by atoms with Crippen LogP contribution < -0.4 is 21.1 Å². The van der Waals surface area contributed by atoms with Gasteiger partial charge < -0.3 is 25.8 Å². The number of ether oxygens (including phenoxy) is 2. The van der Waals surface area contributed by atoms with Crippen molar-refractivity contribution in [2.45, 2.75) is 19.6 Å². The van der Waals surface area contributed by atoms with Crippen LogP contribution in [0.25, 0.3) is 0 Å². The topological polar surface area (TPSA) is 98.7 Å². The molecule has 2 aromatic carbocycles. The molecule has 0 unspecified atom stereocenters. The number of methoxy groups -OCH3 is 1. The molecule has 0 radical (unpaired) electrons. The van der Waals surface area contributed by atoms with Crippen molar-refractivity contribution in [2.75, 3.05) is 39.2 Å². The molecule has 0 saturated heterocycles. The molecule has 0 atom stereocenters. The molecule has 10 heteroatoms. The molecule has 0 spiro atoms. The number of aromatic nitrogens is 2. The molecule has 182 valence electrons. The van der Waals surface area contributed by atoms with Gasteiger partial charge in [-0.15, -0.1) is 0 Å². The average Bonchev–Trinajstić information content (AvgIpc) is 3.24. The quantitative estimate of drug-likeness (QED) is 0.191. The van der Waals surface area contributed by atoms with Gasteiger partial charge in [0, 0.05) is 33.4 Å². The number of aryl methyl sites for hydroxylation is 1. The first-order valence-electron chi connectivity index (χ1n) is 11.0. The molecule has 0 amide bonds. The predicted molar refractivity (Wildman–Crippen MR) is 134 cm³/mol. The Hall–Kier alpha value is -3.14. The Morgan fingerprint density at radius 3 is 2.82 bits per heavy atom. The summed E-state index contributed by atoms with van der Waals surface area (Å²) in [5.74, 6) is 0.433. The summed E-state index contributed by atoms with van der Waals surface area (Å²) in [5, 5.41) is 11.4. The van der Waals surface area contributed by atoms with Gasteiger partial charge in [0.05, 0.1) is 23.0 Å². The first kappa shape index (κ1) is 25.5. The number of nitrogens with zero attached hydrogens (tertiary/aromatic N) is 3. The van der Waals surface area contributed by atoms with Gasteiger partial charge in [-0.05, 0) is 48.9 Å². The van der Waals surface area contributed by atoms with Gasteiger partial charge >= 0.3 is 0 Å². The first-order valence-corrected chi connectivity index (χ1v) is 11.3. The van der Waals surface area contributed by atoms with E-state index in [2.05, 4.69) is 20.7 Å². The smallest absolute Gasteiger partial charge is 0.154 e. The van der Waals surface area contributed by atoms with Gasteiger partial charge in [0.1, 0.15) is 18.2 Å². The lowest BCUT2D eigenvalue weighted by Crippen LogP contribution is -2.21. The summed E-state index contributed by atoms with van der Waals surface area (Å²) in [5.41, 5.74) is 8.90. The molecule has 0 bridgehead atoms. The third-order valence-corrected chi connectivity index (χ3v) is 5.24. The molecule has 4 N–H and O–H groups in total. The maximum absolute atomic E-state index is 13.3. The number of benzene rings is 2. The van der Waals surface area contributed by atoms with Gasteiger partial charge in [0.15, 0.2) is 11.5 Å². The van der Waals surface area contributed by atoms with E-state index in [0.717, 1.165) is 31.7 Å². The van der Waals surface area contributed by atoms with Crippen LogP contribution in [0.5, 0.6) is 5.75 Å². The molecule has 3 aromatic rings. The number of rotatable bonds is 13. The predicted octanol–water partition coefficient (Wildman–Crippen LogP) is 3.96. The second-order valence-corrected chi connectivity index (χ2v) is 7.94. The van der Waals surface area contributed by atoms with Crippen LogP contribution in [-0.2, 0) is 17.9 Å². The zero-order valence-electron chi connectivity index (χ0n) is 19.4. The summed E-state index contributed by atoms with van der Waals surface area (Å²) >= 11 is 6.37. The van der Waals surface area contributed by atoms with Crippen LogP contribution in [0.1, 0.15) is 17.7 Å². The summed E-state index contributed by atoms with van der Waals surface area (Å²) in [6, 6.07) is 11.4. The van der Waals surface area contributed by atoms with Gasteiger partial charge in [-0.2, -0.15) is 5.10 Å². The number of nitrogens with one attached hydrogen (secondary N) is 2. The number of anilines is 1. The number of halogens is 2. The number of amidine groups is 1. The standard InChI is InChI=1S/C24H30ClFN6O2/c1-28-21-15-32(11-4-9-29-10-12-33-2)31-23(21)24(27)30-19-7-8-22(20(25)14-19)34-16-17-5-3-6-18(26)13-17/h3,5-8,13-15,28-29H,4,9-12,16H2,1-2H3,(H2,27,30). The Balaban J connectivity index is 1.63. The Morgan fingerprint density at radius 2 is 2.09 bits per heavy atom. The van der Waals surface area contributed by atoms with E-state index < -0.39 is 0 Å². The maximum Gasteiger partial charge on any atom is 0.154 e. The largest absolute Gasteiger partial charge is 0.487 e. The van der Waals surface area contributed by atoms with E-state index in [1.807, 2.05) is 17.9 Å². The van der Waals surface area contributed by atoms with Crippen molar-refractivity contribution < 1.29 is 13.9 Å². The number of hydrogen-bond acceptors (Lipinski definition) is 6. The van der Waals surface area contributed by atoms with Crippen LogP contribution in [0.4, 0.5) is 15.8 Å². The van der Waals surface area contributed by atoms with Crippen molar-refractivity contribution >= 4 is 28.8 Å². The summed E-state index contributed by atoms with van der Waals surface area (Å²) in [6.07, 6.45) is 2.82. The van der Waals surface area contributed by atoms with Crippen molar-refractivity contribution in [3.8, 4) is 5.75 Å². The normalized spacial score (nSPS) is 11.6. The highest BCUT2D eigenvalue weighted by molar-refractivity contribution is 6.32. The van der Waals surface area contributed by atoms with Crippen LogP contribution in [0.3, 0.4) is 0 Å². The molecule has 0 saturated carbocycles. The van der Waals surface area contributed by atoms with E-state index in [1.165, 1.54) is 12.1 Å². The van der Waals surface area contributed by atoms with Crippen LogP contribution in [0.2, 0.25) is 5.02 Å². The first-order chi connectivity index (χ1) is 16.5. The molecular weight excluding hydrogens is 459 g/mol. The second kappa shape index (κ2) is 12.9. The average molecular weight is 489 g/mol. The third-order valence-electron chi connectivity index (χ3n) is 4.95. The highest BCUT2D eigenvalue weighted by atomic mass is 35.5. The summed E-state index contributed by atoms with van der Waals surface area (Å²) in [6.45, 7) is 3.31. The highest BCUT2D eigenvalue weighted by Gasteiger charge is 2.12. The van der Waals surface area contributed by atoms with Crippen molar-refractivity contribution in [1.29, 1.82) is 0 Å². The number of aliphatic imine (C=N–C) groups is 1. The molecule has 3 rings (SSSR count). The van der Waals surface area contributed by atoms with E-state index in [9.17, 15) is 4.39 Å². The van der Waals surface area contributed by atoms with Crippen LogP contribution in [0.15, 0.2) is 53.7 Å². The Kier molecular flexibility index (Phi) is 9.69. The molecule has 0 aliphatic rings. The lowest BCUT2D eigenvalue weighted by atomic mass is 10.2. The minimum atomic E-state index is -0.311. The Labute approximate surface area is 203 Å². The molecule has 34 heavy (non-hydrogen) atoms. The maximum atomic E-state index is 13.3. The minimum Gasteiger partial charge on any atom is -0.487 e. The lowest BCUT2D eigenvalue weighted by molar-refractivity contribution is 0.199. The van der Waals surface area contributed by atoms with E-state index in [1.54, 1.807) is 37.4 Å². The Morgan fingerprint density at radius 1 is 1.24 bits per heavy atom. The fraction of sp³-hybridized carbons (Fsp3) is 0.333. The van der Waals surface area contributed by atoms with Gasteiger partial charge in [-0.25, -0.2) is 9.38 Å². The molecule has 1 aromatic heterocycles. The summed E-state index contributed by atoms with van der Waals surface area (Å²) in [7, 11) is 3.50. The van der Waals surface area contributed by atoms with Crippen molar-refractivity contribution in [1.82, 2.24) is 15.1 Å². The van der Waals surface area contributed by atoms with Crippen LogP contribution in [-0.4, -0.2) is 49.5 Å². The van der Waals surface area contributed by atoms with E-state index >= 15 is 0 Å². The van der Waals surface area contributed by atoms with E-state index in [-0.39, 0.29) is 18.3 Å². The summed E-state index contributed by atoms with van der Waals surface area (Å²) in [4.78, 5) is 4.48. The van der Waals surface area contributed by atoms with Crippen molar-refractivity contribution in [2.24, 2.45) is 10.7 Å². The number of hydrogen-bond donors (Lipinski definition) is 3.